The molecule has 0 saturated heterocycles. The molecule has 0 bridgehead atoms. The number of rotatable bonds is 3. The standard InChI is InChI=1S/C9H9B6N2O/c1-3-5(10)6(14-11)4(2)7(15(12)13)8(3)17-9(16)18/h1-2H3,(H3,16,17,18). The first-order chi connectivity index (χ1) is 8.31. The smallest absolute Gasteiger partial charge is 0.316 e. The molecule has 0 aromatic heterocycles. The lowest BCUT2D eigenvalue weighted by Gasteiger charge is -2.24. The van der Waals surface area contributed by atoms with Crippen LogP contribution in [0.3, 0.4) is 0 Å². The van der Waals surface area contributed by atoms with Gasteiger partial charge in [0.15, 0.2) is 0 Å². The van der Waals surface area contributed by atoms with Crippen molar-refractivity contribution in [3.8, 4) is 0 Å². The molecule has 0 spiro atoms. The van der Waals surface area contributed by atoms with Gasteiger partial charge in [0.25, 0.3) is 0 Å². The van der Waals surface area contributed by atoms with Crippen LogP contribution in [0.1, 0.15) is 11.1 Å². The summed E-state index contributed by atoms with van der Waals surface area (Å²) in [5, 5.41) is 2.50. The van der Waals surface area contributed by atoms with Crippen molar-refractivity contribution in [3.63, 3.8) is 0 Å². The fraction of sp³-hybridized carbons (Fsp3) is 0.222. The molecule has 0 unspecified atom stereocenters. The number of carbonyl (C=O) groups is 1. The van der Waals surface area contributed by atoms with Crippen molar-refractivity contribution in [1.82, 2.24) is 0 Å². The summed E-state index contributed by atoms with van der Waals surface area (Å²) in [5.74, 6) is 0. The van der Waals surface area contributed by atoms with Crippen LogP contribution < -0.4 is 27.4 Å². The molecule has 0 heterocycles. The minimum atomic E-state index is -0.773. The minimum absolute atomic E-state index is 0.443. The average Bonchev–Trinajstić information content (AvgIpc) is 2.25. The Morgan fingerprint density at radius 1 is 1.33 bits per heavy atom. The topological polar surface area (TPSA) is 55.1 Å². The molecule has 0 fully saturated rings. The van der Waals surface area contributed by atoms with Crippen LogP contribution in [-0.2, 0) is 0 Å². The van der Waals surface area contributed by atoms with Crippen molar-refractivity contribution >= 4 is 72.8 Å². The summed E-state index contributed by atoms with van der Waals surface area (Å²) in [5.41, 5.74) is 8.60. The van der Waals surface area contributed by atoms with Gasteiger partial charge >= 0.3 is 6.03 Å². The summed E-state index contributed by atoms with van der Waals surface area (Å²) >= 11 is 0. The number of anilines is 1. The van der Waals surface area contributed by atoms with E-state index in [0.29, 0.717) is 27.6 Å². The van der Waals surface area contributed by atoms with E-state index in [1.807, 2.05) is 0 Å². The first-order valence-electron chi connectivity index (χ1n) is 5.36. The lowest BCUT2D eigenvalue weighted by molar-refractivity contribution is 0.259. The van der Waals surface area contributed by atoms with Gasteiger partial charge in [-0.2, -0.15) is 0 Å². The Hall–Kier alpha value is -1.12. The van der Waals surface area contributed by atoms with E-state index in [2.05, 4.69) is 5.32 Å². The molecular formula is C9H9B6N2O. The Morgan fingerprint density at radius 3 is 2.28 bits per heavy atom. The number of hydrogen-bond donors (Lipinski definition) is 2. The number of urea groups is 1. The Bertz CT molecular complexity index is 491. The molecule has 1 aromatic carbocycles. The monoisotopic (exact) mass is 227 g/mol. The molecule has 2 amide bonds. The Balaban J connectivity index is 3.62. The van der Waals surface area contributed by atoms with Crippen LogP contribution in [0.15, 0.2) is 0 Å². The summed E-state index contributed by atoms with van der Waals surface area (Å²) in [6.45, 7) is 2.74. The van der Waals surface area contributed by atoms with Gasteiger partial charge in [-0.3, -0.25) is 0 Å². The fourth-order valence-electron chi connectivity index (χ4n) is 1.99. The first kappa shape index (κ1) is 14.9. The Morgan fingerprint density at radius 2 is 1.89 bits per heavy atom. The van der Waals surface area contributed by atoms with E-state index in [1.165, 1.54) is 7.17 Å². The largest absolute Gasteiger partial charge is 0.351 e. The van der Waals surface area contributed by atoms with Crippen molar-refractivity contribution in [2.75, 3.05) is 5.32 Å². The number of nitrogens with one attached hydrogen (secondary N) is 1. The number of primary amides is 1. The van der Waals surface area contributed by atoms with E-state index >= 15 is 0 Å². The predicted octanol–water partition coefficient (Wildman–Crippen LogP) is -2.97. The Labute approximate surface area is 114 Å². The highest BCUT2D eigenvalue weighted by molar-refractivity contribution is 7.36. The van der Waals surface area contributed by atoms with E-state index in [0.717, 1.165) is 5.56 Å². The van der Waals surface area contributed by atoms with Gasteiger partial charge in [-0.15, -0.1) is 5.46 Å². The third-order valence-electron chi connectivity index (χ3n) is 2.89. The van der Waals surface area contributed by atoms with Crippen molar-refractivity contribution in [1.29, 1.82) is 0 Å². The maximum atomic E-state index is 11.0. The zero-order chi connectivity index (χ0) is 14.0. The van der Waals surface area contributed by atoms with Gasteiger partial charge in [-0.25, -0.2) is 4.79 Å². The molecule has 0 saturated carbocycles. The van der Waals surface area contributed by atoms with Crippen LogP contribution in [0.2, 0.25) is 0 Å². The molecule has 0 aliphatic carbocycles. The van der Waals surface area contributed by atoms with Gasteiger partial charge in [0.1, 0.15) is 7.85 Å². The average molecular weight is 226 g/mol. The number of nitrogens with two attached hydrogens (primary N) is 1. The van der Waals surface area contributed by atoms with E-state index in [-0.39, 0.29) is 0 Å². The molecular weight excluding hydrogens is 217 g/mol. The molecule has 18 heavy (non-hydrogen) atoms. The number of benzene rings is 1. The molecule has 9 heteroatoms. The van der Waals surface area contributed by atoms with Gasteiger partial charge < -0.3 is 11.1 Å². The van der Waals surface area contributed by atoms with Crippen LogP contribution >= 0.6 is 0 Å². The SMILES string of the molecule is [B][B]c1c([B])c(C)c(NC(N)=O)c(B([B])[B])c1C. The molecule has 79 valence electrons. The summed E-state index contributed by atoms with van der Waals surface area (Å²) in [6.07, 6.45) is 0. The van der Waals surface area contributed by atoms with Crippen molar-refractivity contribution in [3.05, 3.63) is 11.1 Å². The summed E-state index contributed by atoms with van der Waals surface area (Å²) in [6, 6.07) is -0.705. The summed E-state index contributed by atoms with van der Waals surface area (Å²) in [7, 11) is 24.3. The summed E-state index contributed by atoms with van der Waals surface area (Å²) < 4.78 is 0. The van der Waals surface area contributed by atoms with Gasteiger partial charge in [-0.1, -0.05) is 16.5 Å². The zero-order valence-corrected chi connectivity index (χ0v) is 10.4. The van der Waals surface area contributed by atoms with Gasteiger partial charge in [0, 0.05) is 28.9 Å². The van der Waals surface area contributed by atoms with Gasteiger partial charge in [-0.05, 0) is 19.4 Å². The zero-order valence-electron chi connectivity index (χ0n) is 10.4. The van der Waals surface area contributed by atoms with Gasteiger partial charge in [0.2, 0.25) is 0 Å². The third kappa shape index (κ3) is 2.65. The highest BCUT2D eigenvalue weighted by atomic mass is 16.2. The molecule has 3 nitrogen and oxygen atoms in total. The highest BCUT2D eigenvalue weighted by Crippen LogP contribution is 2.11. The van der Waals surface area contributed by atoms with E-state index in [4.69, 9.17) is 36.8 Å². The molecule has 1 aromatic rings. The molecule has 1 rings (SSSR count). The number of amides is 2. The van der Waals surface area contributed by atoms with Crippen LogP contribution in [-0.4, -0.2) is 50.8 Å². The number of carbonyl (C=O) groups excluding carboxylic acids is 1. The molecule has 0 atom stereocenters. The Kier molecular flexibility index (Phi) is 4.71. The lowest BCUT2D eigenvalue weighted by Crippen LogP contribution is -2.48. The van der Waals surface area contributed by atoms with Gasteiger partial charge in [0.05, 0.1) is 13.7 Å². The third-order valence-corrected chi connectivity index (χ3v) is 2.89. The van der Waals surface area contributed by atoms with Crippen LogP contribution in [0, 0.1) is 13.8 Å². The van der Waals surface area contributed by atoms with E-state index in [9.17, 15) is 4.79 Å². The van der Waals surface area contributed by atoms with Crippen LogP contribution in [0.5, 0.6) is 0 Å². The first-order valence-corrected chi connectivity index (χ1v) is 5.36. The molecule has 3 N–H and O–H groups in total. The van der Waals surface area contributed by atoms with Crippen molar-refractivity contribution in [2.45, 2.75) is 13.8 Å². The lowest BCUT2D eigenvalue weighted by atomic mass is 9.16. The second kappa shape index (κ2) is 5.68. The second-order valence-corrected chi connectivity index (χ2v) is 4.05. The quantitative estimate of drug-likeness (QED) is 0.531. The number of hydrogen-bond acceptors (Lipinski definition) is 1. The van der Waals surface area contributed by atoms with E-state index in [1.54, 1.807) is 13.8 Å². The predicted molar refractivity (Wildman–Crippen MR) is 82.5 cm³/mol. The van der Waals surface area contributed by atoms with Crippen LogP contribution in [0.25, 0.3) is 0 Å². The normalized spacial score (nSPS) is 9.89. The fourth-order valence-corrected chi connectivity index (χ4v) is 1.99. The van der Waals surface area contributed by atoms with Crippen molar-refractivity contribution < 1.29 is 4.79 Å². The minimum Gasteiger partial charge on any atom is -0.351 e. The summed E-state index contributed by atoms with van der Waals surface area (Å²) in [4.78, 5) is 11.0. The molecule has 0 aliphatic heterocycles. The van der Waals surface area contributed by atoms with Crippen LogP contribution in [0.4, 0.5) is 10.5 Å². The maximum absolute atomic E-state index is 11.0. The molecule has 0 aliphatic rings. The van der Waals surface area contributed by atoms with Crippen molar-refractivity contribution in [2.24, 2.45) is 5.73 Å². The highest BCUT2D eigenvalue weighted by Gasteiger charge is 2.18. The second-order valence-electron chi connectivity index (χ2n) is 4.05. The maximum Gasteiger partial charge on any atom is 0.316 e. The van der Waals surface area contributed by atoms with E-state index < -0.39 is 12.5 Å². The molecule has 9 radical (unpaired) electrons.